The first-order chi connectivity index (χ1) is 7.52. The Hall–Kier alpha value is -0.330. The van der Waals surface area contributed by atoms with Crippen LogP contribution in [-0.2, 0) is 0 Å². The van der Waals surface area contributed by atoms with Crippen LogP contribution in [0.5, 0.6) is 0 Å². The summed E-state index contributed by atoms with van der Waals surface area (Å²) in [4.78, 5) is 11.8. The van der Waals surface area contributed by atoms with E-state index in [2.05, 4.69) is 27.9 Å². The first-order valence-corrected chi connectivity index (χ1v) is 6.39. The molecule has 0 radical (unpaired) electrons. The summed E-state index contributed by atoms with van der Waals surface area (Å²) in [7, 11) is 0. The van der Waals surface area contributed by atoms with Gasteiger partial charge >= 0.3 is 0 Å². The smallest absolute Gasteiger partial charge is 0.252 e. The number of hydrogen-bond donors (Lipinski definition) is 2. The van der Waals surface area contributed by atoms with Crippen LogP contribution in [-0.4, -0.2) is 18.5 Å². The molecule has 1 unspecified atom stereocenters. The van der Waals surface area contributed by atoms with Crippen molar-refractivity contribution < 1.29 is 4.79 Å². The minimum atomic E-state index is -0.0197. The van der Waals surface area contributed by atoms with Crippen LogP contribution in [0.25, 0.3) is 0 Å². The third-order valence-corrected chi connectivity index (χ3v) is 3.75. The number of hydrogen-bond acceptors (Lipinski definition) is 2. The summed E-state index contributed by atoms with van der Waals surface area (Å²) in [6, 6.07) is 5.87. The van der Waals surface area contributed by atoms with Crippen LogP contribution < -0.4 is 11.1 Å². The van der Waals surface area contributed by atoms with Crippen molar-refractivity contribution >= 4 is 40.9 Å². The summed E-state index contributed by atoms with van der Waals surface area (Å²) < 4.78 is 1.01. The number of halogens is 2. The van der Waals surface area contributed by atoms with Gasteiger partial charge in [0.25, 0.3) is 5.91 Å². The van der Waals surface area contributed by atoms with Gasteiger partial charge in [0.15, 0.2) is 0 Å². The summed E-state index contributed by atoms with van der Waals surface area (Å²) in [5.74, 6) is -0.0197. The van der Waals surface area contributed by atoms with Crippen LogP contribution in [0.15, 0.2) is 18.2 Å². The number of amides is 1. The van der Waals surface area contributed by atoms with E-state index >= 15 is 0 Å². The number of carbonyl (C=O) groups is 1. The fraction of sp³-hybridized carbons (Fsp3) is 0.417. The Morgan fingerprint density at radius 2 is 2.18 bits per heavy atom. The van der Waals surface area contributed by atoms with Crippen molar-refractivity contribution in [3.63, 3.8) is 0 Å². The van der Waals surface area contributed by atoms with Gasteiger partial charge in [0.1, 0.15) is 0 Å². The fourth-order valence-electron chi connectivity index (χ4n) is 1.33. The molecule has 96 valence electrons. The van der Waals surface area contributed by atoms with Gasteiger partial charge in [-0.15, -0.1) is 12.4 Å². The van der Waals surface area contributed by atoms with E-state index in [-0.39, 0.29) is 24.4 Å². The summed E-state index contributed by atoms with van der Waals surface area (Å²) in [5.41, 5.74) is 7.48. The van der Waals surface area contributed by atoms with Gasteiger partial charge in [-0.3, -0.25) is 4.79 Å². The van der Waals surface area contributed by atoms with E-state index in [0.717, 1.165) is 21.1 Å². The van der Waals surface area contributed by atoms with Crippen LogP contribution >= 0.6 is 35.0 Å². The van der Waals surface area contributed by atoms with Crippen LogP contribution in [0.3, 0.4) is 0 Å². The Bertz CT molecular complexity index is 383. The number of carbonyl (C=O) groups excluding carboxylic acids is 1. The molecule has 0 fully saturated rings. The SMILES string of the molecule is Cc1cccc(C(=O)NCCC(C)N)c1I.Cl. The van der Waals surface area contributed by atoms with Gasteiger partial charge in [0, 0.05) is 16.2 Å². The zero-order chi connectivity index (χ0) is 12.1. The third kappa shape index (κ3) is 5.23. The molecule has 0 heterocycles. The van der Waals surface area contributed by atoms with Gasteiger partial charge in [0.05, 0.1) is 5.56 Å². The first-order valence-electron chi connectivity index (χ1n) is 5.31. The van der Waals surface area contributed by atoms with E-state index < -0.39 is 0 Å². The third-order valence-electron chi connectivity index (χ3n) is 2.32. The quantitative estimate of drug-likeness (QED) is 0.802. The van der Waals surface area contributed by atoms with Crippen LogP contribution in [0, 0.1) is 10.5 Å². The molecule has 5 heteroatoms. The first kappa shape index (κ1) is 16.7. The molecule has 0 saturated heterocycles. The molecule has 1 amide bonds. The molecule has 0 spiro atoms. The Kier molecular flexibility index (Phi) is 7.74. The Morgan fingerprint density at radius 3 is 2.76 bits per heavy atom. The highest BCUT2D eigenvalue weighted by molar-refractivity contribution is 14.1. The molecule has 0 aliphatic heterocycles. The molecule has 3 nitrogen and oxygen atoms in total. The summed E-state index contributed by atoms with van der Waals surface area (Å²) in [6.07, 6.45) is 0.800. The van der Waals surface area contributed by atoms with Gasteiger partial charge in [-0.1, -0.05) is 12.1 Å². The maximum Gasteiger partial charge on any atom is 0.252 e. The van der Waals surface area contributed by atoms with Crippen molar-refractivity contribution in [1.29, 1.82) is 0 Å². The largest absolute Gasteiger partial charge is 0.352 e. The van der Waals surface area contributed by atoms with Crippen LogP contribution in [0.4, 0.5) is 0 Å². The van der Waals surface area contributed by atoms with Gasteiger partial charge in [-0.05, 0) is 54.5 Å². The lowest BCUT2D eigenvalue weighted by Crippen LogP contribution is -2.29. The molecule has 1 atom stereocenters. The van der Waals surface area contributed by atoms with Crippen molar-refractivity contribution in [2.45, 2.75) is 26.3 Å². The Labute approximate surface area is 122 Å². The predicted molar refractivity (Wildman–Crippen MR) is 81.7 cm³/mol. The fourth-order valence-corrected chi connectivity index (χ4v) is 1.94. The highest BCUT2D eigenvalue weighted by Crippen LogP contribution is 2.16. The molecular formula is C12H18ClIN2O. The molecule has 1 rings (SSSR count). The highest BCUT2D eigenvalue weighted by Gasteiger charge is 2.10. The standard InChI is InChI=1S/C12H17IN2O.ClH/c1-8-4-3-5-10(11(8)13)12(16)15-7-6-9(2)14;/h3-5,9H,6-7,14H2,1-2H3,(H,15,16);1H. The Balaban J connectivity index is 0.00000256. The van der Waals surface area contributed by atoms with Gasteiger partial charge in [-0.2, -0.15) is 0 Å². The molecule has 3 N–H and O–H groups in total. The van der Waals surface area contributed by atoms with Crippen molar-refractivity contribution in [2.24, 2.45) is 5.73 Å². The van der Waals surface area contributed by atoms with E-state index in [4.69, 9.17) is 5.73 Å². The zero-order valence-electron chi connectivity index (χ0n) is 10.00. The number of benzene rings is 1. The lowest BCUT2D eigenvalue weighted by atomic mass is 10.1. The lowest BCUT2D eigenvalue weighted by molar-refractivity contribution is 0.0952. The maximum absolute atomic E-state index is 11.8. The van der Waals surface area contributed by atoms with E-state index in [1.165, 1.54) is 0 Å². The molecular weight excluding hydrogens is 351 g/mol. The monoisotopic (exact) mass is 368 g/mol. The van der Waals surface area contributed by atoms with E-state index in [1.807, 2.05) is 32.0 Å². The molecule has 0 aromatic heterocycles. The van der Waals surface area contributed by atoms with Gasteiger partial charge < -0.3 is 11.1 Å². The number of nitrogens with one attached hydrogen (secondary N) is 1. The molecule has 1 aromatic carbocycles. The average molecular weight is 369 g/mol. The van der Waals surface area contributed by atoms with Crippen LogP contribution in [0.2, 0.25) is 0 Å². The second-order valence-corrected chi connectivity index (χ2v) is 5.04. The lowest BCUT2D eigenvalue weighted by Gasteiger charge is -2.09. The van der Waals surface area contributed by atoms with Crippen molar-refractivity contribution in [2.75, 3.05) is 6.54 Å². The minimum absolute atomic E-state index is 0. The van der Waals surface area contributed by atoms with E-state index in [0.29, 0.717) is 6.54 Å². The minimum Gasteiger partial charge on any atom is -0.352 e. The topological polar surface area (TPSA) is 55.1 Å². The molecule has 0 aliphatic carbocycles. The number of rotatable bonds is 4. The predicted octanol–water partition coefficient (Wildman–Crippen LogP) is 2.49. The highest BCUT2D eigenvalue weighted by atomic mass is 127. The molecule has 0 aliphatic rings. The zero-order valence-corrected chi connectivity index (χ0v) is 13.0. The second-order valence-electron chi connectivity index (χ2n) is 3.96. The molecule has 0 bridgehead atoms. The van der Waals surface area contributed by atoms with Gasteiger partial charge in [0.2, 0.25) is 0 Å². The summed E-state index contributed by atoms with van der Waals surface area (Å²) >= 11 is 2.20. The molecule has 0 saturated carbocycles. The van der Waals surface area contributed by atoms with Crippen molar-refractivity contribution in [1.82, 2.24) is 5.32 Å². The maximum atomic E-state index is 11.8. The van der Waals surface area contributed by atoms with E-state index in [1.54, 1.807) is 0 Å². The number of aryl methyl sites for hydroxylation is 1. The van der Waals surface area contributed by atoms with E-state index in [9.17, 15) is 4.79 Å². The van der Waals surface area contributed by atoms with Crippen molar-refractivity contribution in [3.05, 3.63) is 32.9 Å². The molecule has 17 heavy (non-hydrogen) atoms. The summed E-state index contributed by atoms with van der Waals surface area (Å²) in [6.45, 7) is 4.56. The molecule has 1 aromatic rings. The van der Waals surface area contributed by atoms with Gasteiger partial charge in [-0.25, -0.2) is 0 Å². The van der Waals surface area contributed by atoms with Crippen molar-refractivity contribution in [3.8, 4) is 0 Å². The number of nitrogens with two attached hydrogens (primary N) is 1. The average Bonchev–Trinajstić information content (AvgIpc) is 2.21. The normalized spacial score (nSPS) is 11.5. The summed E-state index contributed by atoms with van der Waals surface area (Å²) in [5, 5.41) is 2.87. The van der Waals surface area contributed by atoms with Crippen LogP contribution in [0.1, 0.15) is 29.3 Å². The Morgan fingerprint density at radius 1 is 1.53 bits per heavy atom. The second kappa shape index (κ2) is 7.89.